The Bertz CT molecular complexity index is 321. The number of urea groups is 1. The zero-order chi connectivity index (χ0) is 11.5. The number of carbonyl (C=O) groups excluding carboxylic acids is 1. The average Bonchev–Trinajstić information content (AvgIpc) is 2.40. The van der Waals surface area contributed by atoms with Crippen molar-refractivity contribution in [2.75, 3.05) is 20.3 Å². The minimum atomic E-state index is -0.667. The predicted molar refractivity (Wildman–Crippen MR) is 56.7 cm³/mol. The molecule has 1 fully saturated rings. The van der Waals surface area contributed by atoms with Gasteiger partial charge >= 0.3 is 6.03 Å². The number of hydrogen-bond donors (Lipinski definition) is 2. The molecule has 1 atom stereocenters. The molecule has 0 aromatic carbocycles. The summed E-state index contributed by atoms with van der Waals surface area (Å²) in [7, 11) is 1.59. The van der Waals surface area contributed by atoms with Gasteiger partial charge < -0.3 is 9.64 Å². The van der Waals surface area contributed by atoms with Crippen LogP contribution >= 0.6 is 0 Å². The topological polar surface area (TPSA) is 65.4 Å². The van der Waals surface area contributed by atoms with Crippen LogP contribution in [-0.2, 0) is 4.74 Å². The molecule has 82 valence electrons. The lowest BCUT2D eigenvalue weighted by Crippen LogP contribution is -2.47. The van der Waals surface area contributed by atoms with E-state index in [1.54, 1.807) is 7.11 Å². The Morgan fingerprint density at radius 3 is 2.93 bits per heavy atom. The van der Waals surface area contributed by atoms with E-state index in [1.807, 2.05) is 6.92 Å². The molecule has 1 aliphatic heterocycles. The third-order valence-corrected chi connectivity index (χ3v) is 2.65. The van der Waals surface area contributed by atoms with Crippen molar-refractivity contribution in [2.45, 2.75) is 18.9 Å². The number of terminal acetylenes is 1. The van der Waals surface area contributed by atoms with Crippen LogP contribution in [-0.4, -0.2) is 42.6 Å². The first-order valence-electron chi connectivity index (χ1n) is 4.66. The Morgan fingerprint density at radius 1 is 1.73 bits per heavy atom. The molecule has 1 rings (SSSR count). The average molecular weight is 209 g/mol. The quantitative estimate of drug-likeness (QED) is 0.659. The second-order valence-electron chi connectivity index (χ2n) is 3.61. The molecule has 0 spiro atoms. The van der Waals surface area contributed by atoms with Gasteiger partial charge in [-0.15, -0.1) is 6.42 Å². The van der Waals surface area contributed by atoms with Crippen molar-refractivity contribution in [3.05, 3.63) is 0 Å². The Balaban J connectivity index is 2.86. The van der Waals surface area contributed by atoms with Crippen LogP contribution in [0.25, 0.3) is 0 Å². The maximum Gasteiger partial charge on any atom is 0.324 e. The highest BCUT2D eigenvalue weighted by Crippen LogP contribution is 2.25. The van der Waals surface area contributed by atoms with Crippen LogP contribution in [0.5, 0.6) is 0 Å². The van der Waals surface area contributed by atoms with Crippen molar-refractivity contribution < 1.29 is 9.53 Å². The predicted octanol–water partition coefficient (Wildman–Crippen LogP) is 0.417. The van der Waals surface area contributed by atoms with Gasteiger partial charge in [0.05, 0.1) is 6.54 Å². The summed E-state index contributed by atoms with van der Waals surface area (Å²) in [5.74, 6) is 2.60. The molecule has 0 aromatic rings. The molecular formula is C10H15N3O2. The molecule has 15 heavy (non-hydrogen) atoms. The lowest BCUT2D eigenvalue weighted by atomic mass is 9.96. The second-order valence-corrected chi connectivity index (χ2v) is 3.61. The number of methoxy groups -OCH3 is 1. The van der Waals surface area contributed by atoms with Crippen molar-refractivity contribution in [1.82, 2.24) is 10.2 Å². The zero-order valence-electron chi connectivity index (χ0n) is 8.96. The maximum absolute atomic E-state index is 11.5. The van der Waals surface area contributed by atoms with E-state index in [4.69, 9.17) is 16.6 Å². The Hall–Kier alpha value is -1.54. The van der Waals surface area contributed by atoms with Gasteiger partial charge in [0.1, 0.15) is 11.4 Å². The molecule has 1 aliphatic rings. The van der Waals surface area contributed by atoms with Gasteiger partial charge in [0.25, 0.3) is 0 Å². The summed E-state index contributed by atoms with van der Waals surface area (Å²) in [5.41, 5.74) is -0.667. The highest BCUT2D eigenvalue weighted by atomic mass is 16.5. The number of nitrogens with one attached hydrogen (secondary N) is 2. The maximum atomic E-state index is 11.5. The first kappa shape index (κ1) is 11.5. The molecule has 5 heteroatoms. The van der Waals surface area contributed by atoms with Crippen molar-refractivity contribution in [3.63, 3.8) is 0 Å². The van der Waals surface area contributed by atoms with Crippen LogP contribution < -0.4 is 5.32 Å². The summed E-state index contributed by atoms with van der Waals surface area (Å²) in [4.78, 5) is 13.0. The molecule has 1 unspecified atom stereocenters. The minimum Gasteiger partial charge on any atom is -0.385 e. The summed E-state index contributed by atoms with van der Waals surface area (Å²) in [5, 5.41) is 10.2. The van der Waals surface area contributed by atoms with E-state index in [9.17, 15) is 4.79 Å². The molecular weight excluding hydrogens is 194 g/mol. The van der Waals surface area contributed by atoms with E-state index in [2.05, 4.69) is 11.2 Å². The van der Waals surface area contributed by atoms with Gasteiger partial charge in [-0.05, 0) is 6.92 Å². The van der Waals surface area contributed by atoms with Gasteiger partial charge in [0.15, 0.2) is 0 Å². The van der Waals surface area contributed by atoms with Crippen molar-refractivity contribution >= 4 is 11.9 Å². The number of rotatable bonds is 4. The summed E-state index contributed by atoms with van der Waals surface area (Å²) >= 11 is 0. The largest absolute Gasteiger partial charge is 0.385 e. The Kier molecular flexibility index (Phi) is 3.32. The highest BCUT2D eigenvalue weighted by Gasteiger charge is 2.45. The standard InChI is InChI=1S/C10H15N3O2/c1-4-6-13-9(14)12-8(11)10(13,2)5-7-15-3/h1H,5-7H2,2-3H3,(H2,11,12,14). The summed E-state index contributed by atoms with van der Waals surface area (Å²) in [6, 6.07) is -0.309. The number of ether oxygens (including phenoxy) is 1. The van der Waals surface area contributed by atoms with Gasteiger partial charge in [0.2, 0.25) is 0 Å². The monoisotopic (exact) mass is 209 g/mol. The van der Waals surface area contributed by atoms with Crippen LogP contribution in [0.1, 0.15) is 13.3 Å². The van der Waals surface area contributed by atoms with E-state index in [0.717, 1.165) is 0 Å². The molecule has 0 aliphatic carbocycles. The number of amides is 2. The van der Waals surface area contributed by atoms with Crippen LogP contribution in [0.2, 0.25) is 0 Å². The SMILES string of the molecule is C#CCN1C(=O)NC(=N)C1(C)CCOC. The first-order valence-corrected chi connectivity index (χ1v) is 4.66. The van der Waals surface area contributed by atoms with E-state index < -0.39 is 5.54 Å². The third kappa shape index (κ3) is 1.95. The van der Waals surface area contributed by atoms with E-state index in [-0.39, 0.29) is 18.4 Å². The van der Waals surface area contributed by atoms with Crippen molar-refractivity contribution in [2.24, 2.45) is 0 Å². The second kappa shape index (κ2) is 4.32. The van der Waals surface area contributed by atoms with E-state index >= 15 is 0 Å². The van der Waals surface area contributed by atoms with Crippen LogP contribution in [0.15, 0.2) is 0 Å². The minimum absolute atomic E-state index is 0.180. The van der Waals surface area contributed by atoms with Gasteiger partial charge in [-0.2, -0.15) is 0 Å². The lowest BCUT2D eigenvalue weighted by Gasteiger charge is -2.31. The summed E-state index contributed by atoms with van der Waals surface area (Å²) < 4.78 is 4.96. The molecule has 0 bridgehead atoms. The number of nitrogens with zero attached hydrogens (tertiary/aromatic N) is 1. The molecule has 0 saturated carbocycles. The van der Waals surface area contributed by atoms with Crippen LogP contribution in [0, 0.1) is 17.8 Å². The lowest BCUT2D eigenvalue weighted by molar-refractivity contribution is 0.140. The van der Waals surface area contributed by atoms with Gasteiger partial charge in [-0.1, -0.05) is 5.92 Å². The molecule has 0 aromatic heterocycles. The molecule has 1 heterocycles. The number of carbonyl (C=O) groups is 1. The molecule has 2 N–H and O–H groups in total. The van der Waals surface area contributed by atoms with Crippen LogP contribution in [0.3, 0.4) is 0 Å². The first-order chi connectivity index (χ1) is 7.06. The highest BCUT2D eigenvalue weighted by molar-refractivity contribution is 6.08. The van der Waals surface area contributed by atoms with Gasteiger partial charge in [-0.3, -0.25) is 10.7 Å². The van der Waals surface area contributed by atoms with E-state index in [1.165, 1.54) is 4.90 Å². The summed E-state index contributed by atoms with van der Waals surface area (Å²) in [6.45, 7) is 2.49. The number of amidine groups is 1. The molecule has 2 amide bonds. The summed E-state index contributed by atoms with van der Waals surface area (Å²) in [6.07, 6.45) is 5.75. The molecule has 0 radical (unpaired) electrons. The molecule has 1 saturated heterocycles. The normalized spacial score (nSPS) is 25.3. The van der Waals surface area contributed by atoms with Crippen molar-refractivity contribution in [1.29, 1.82) is 5.41 Å². The Labute approximate surface area is 89.3 Å². The third-order valence-electron chi connectivity index (χ3n) is 2.65. The van der Waals surface area contributed by atoms with Gasteiger partial charge in [-0.25, -0.2) is 4.79 Å². The molecule has 5 nitrogen and oxygen atoms in total. The van der Waals surface area contributed by atoms with E-state index in [0.29, 0.717) is 13.0 Å². The number of hydrogen-bond acceptors (Lipinski definition) is 3. The van der Waals surface area contributed by atoms with Crippen LogP contribution in [0.4, 0.5) is 4.79 Å². The fourth-order valence-corrected chi connectivity index (χ4v) is 1.57. The fourth-order valence-electron chi connectivity index (χ4n) is 1.57. The smallest absolute Gasteiger partial charge is 0.324 e. The van der Waals surface area contributed by atoms with Gasteiger partial charge in [0, 0.05) is 20.1 Å². The fraction of sp³-hybridized carbons (Fsp3) is 0.600. The zero-order valence-corrected chi connectivity index (χ0v) is 8.96. The Morgan fingerprint density at radius 2 is 2.40 bits per heavy atom. The van der Waals surface area contributed by atoms with Crippen molar-refractivity contribution in [3.8, 4) is 12.3 Å².